The van der Waals surface area contributed by atoms with Crippen molar-refractivity contribution in [1.82, 2.24) is 10.2 Å². The van der Waals surface area contributed by atoms with Gasteiger partial charge in [-0.1, -0.05) is 29.8 Å². The fourth-order valence-electron chi connectivity index (χ4n) is 3.44. The van der Waals surface area contributed by atoms with E-state index in [1.807, 2.05) is 0 Å². The number of benzene rings is 1. The van der Waals surface area contributed by atoms with Crippen molar-refractivity contribution in [1.29, 1.82) is 0 Å². The van der Waals surface area contributed by atoms with E-state index in [1.165, 1.54) is 49.9 Å². The molecule has 1 saturated carbocycles. The predicted molar refractivity (Wildman–Crippen MR) is 80.6 cm³/mol. The minimum atomic E-state index is 0.750. The zero-order chi connectivity index (χ0) is 13.2. The molecule has 0 aromatic heterocycles. The van der Waals surface area contributed by atoms with Gasteiger partial charge in [-0.15, -0.1) is 0 Å². The fourth-order valence-corrected chi connectivity index (χ4v) is 3.44. The first-order valence-electron chi connectivity index (χ1n) is 7.72. The normalized spacial score (nSPS) is 31.4. The Morgan fingerprint density at radius 2 is 1.95 bits per heavy atom. The van der Waals surface area contributed by atoms with Gasteiger partial charge in [0.1, 0.15) is 0 Å². The highest BCUT2D eigenvalue weighted by Crippen LogP contribution is 2.36. The van der Waals surface area contributed by atoms with Crippen LogP contribution in [-0.4, -0.2) is 37.1 Å². The van der Waals surface area contributed by atoms with Gasteiger partial charge in [-0.2, -0.15) is 0 Å². The summed E-state index contributed by atoms with van der Waals surface area (Å²) in [5.41, 5.74) is 2.89. The number of rotatable bonds is 4. The zero-order valence-electron chi connectivity index (χ0n) is 12.2. The summed E-state index contributed by atoms with van der Waals surface area (Å²) in [5.74, 6) is 0.791. The SMILES string of the molecule is Cc1ccc(C2CC(NCC3CCCN3C)C2)cc1. The number of hydrogen-bond donors (Lipinski definition) is 1. The van der Waals surface area contributed by atoms with Gasteiger partial charge in [-0.25, -0.2) is 0 Å². The lowest BCUT2D eigenvalue weighted by atomic mass is 9.75. The van der Waals surface area contributed by atoms with E-state index < -0.39 is 0 Å². The van der Waals surface area contributed by atoms with Gasteiger partial charge in [-0.3, -0.25) is 0 Å². The number of hydrogen-bond acceptors (Lipinski definition) is 2. The Bertz CT molecular complexity index is 406. The van der Waals surface area contributed by atoms with Crippen LogP contribution in [0.5, 0.6) is 0 Å². The molecule has 3 rings (SSSR count). The third-order valence-electron chi connectivity index (χ3n) is 5.00. The minimum absolute atomic E-state index is 0.750. The second-order valence-electron chi connectivity index (χ2n) is 6.46. The molecule has 1 saturated heterocycles. The van der Waals surface area contributed by atoms with Crippen molar-refractivity contribution in [3.63, 3.8) is 0 Å². The first-order chi connectivity index (χ1) is 9.22. The number of nitrogens with zero attached hydrogens (tertiary/aromatic N) is 1. The first kappa shape index (κ1) is 13.1. The van der Waals surface area contributed by atoms with E-state index in [4.69, 9.17) is 0 Å². The standard InChI is InChI=1S/C17H26N2/c1-13-5-7-14(8-6-13)15-10-16(11-15)18-12-17-4-3-9-19(17)2/h5-8,15-18H,3-4,9-12H2,1-2H3. The van der Waals surface area contributed by atoms with Gasteiger partial charge in [0.25, 0.3) is 0 Å². The van der Waals surface area contributed by atoms with Crippen molar-refractivity contribution >= 4 is 0 Å². The van der Waals surface area contributed by atoms with Crippen LogP contribution < -0.4 is 5.32 Å². The van der Waals surface area contributed by atoms with Crippen molar-refractivity contribution < 1.29 is 0 Å². The lowest BCUT2D eigenvalue weighted by Crippen LogP contribution is -2.45. The Hall–Kier alpha value is -0.860. The lowest BCUT2D eigenvalue weighted by molar-refractivity contribution is 0.245. The molecule has 1 aromatic carbocycles. The Kier molecular flexibility index (Phi) is 3.90. The summed E-state index contributed by atoms with van der Waals surface area (Å²) in [6.07, 6.45) is 5.39. The van der Waals surface area contributed by atoms with Crippen LogP contribution in [0, 0.1) is 6.92 Å². The van der Waals surface area contributed by atoms with Gasteiger partial charge in [-0.05, 0) is 57.7 Å². The third kappa shape index (κ3) is 3.01. The molecule has 1 N–H and O–H groups in total. The van der Waals surface area contributed by atoms with Crippen molar-refractivity contribution in [2.45, 2.75) is 50.6 Å². The Balaban J connectivity index is 1.41. The smallest absolute Gasteiger partial charge is 0.0218 e. The Morgan fingerprint density at radius 3 is 2.58 bits per heavy atom. The van der Waals surface area contributed by atoms with Crippen LogP contribution in [0.3, 0.4) is 0 Å². The van der Waals surface area contributed by atoms with Crippen LogP contribution in [-0.2, 0) is 0 Å². The van der Waals surface area contributed by atoms with Crippen molar-refractivity contribution in [3.05, 3.63) is 35.4 Å². The molecule has 0 bridgehead atoms. The van der Waals surface area contributed by atoms with Crippen LogP contribution in [0.4, 0.5) is 0 Å². The molecular formula is C17H26N2. The summed E-state index contributed by atoms with van der Waals surface area (Å²) < 4.78 is 0. The molecule has 2 heteroatoms. The van der Waals surface area contributed by atoms with E-state index >= 15 is 0 Å². The quantitative estimate of drug-likeness (QED) is 0.893. The lowest BCUT2D eigenvalue weighted by Gasteiger charge is -2.37. The summed E-state index contributed by atoms with van der Waals surface area (Å²) in [7, 11) is 2.26. The maximum absolute atomic E-state index is 3.76. The van der Waals surface area contributed by atoms with Gasteiger partial charge in [0.05, 0.1) is 0 Å². The molecule has 19 heavy (non-hydrogen) atoms. The summed E-state index contributed by atoms with van der Waals surface area (Å²) >= 11 is 0. The molecule has 1 aliphatic heterocycles. The number of nitrogens with one attached hydrogen (secondary N) is 1. The van der Waals surface area contributed by atoms with Crippen LogP contribution in [0.2, 0.25) is 0 Å². The van der Waals surface area contributed by atoms with E-state index in [1.54, 1.807) is 0 Å². The largest absolute Gasteiger partial charge is 0.312 e. The summed E-state index contributed by atoms with van der Waals surface area (Å²) in [6, 6.07) is 10.6. The van der Waals surface area contributed by atoms with Crippen LogP contribution in [0.15, 0.2) is 24.3 Å². The van der Waals surface area contributed by atoms with Gasteiger partial charge in [0.2, 0.25) is 0 Å². The van der Waals surface area contributed by atoms with Crippen molar-refractivity contribution in [2.75, 3.05) is 20.1 Å². The molecule has 2 aliphatic rings. The van der Waals surface area contributed by atoms with Gasteiger partial charge >= 0.3 is 0 Å². The fraction of sp³-hybridized carbons (Fsp3) is 0.647. The van der Waals surface area contributed by atoms with Crippen molar-refractivity contribution in [3.8, 4) is 0 Å². The van der Waals surface area contributed by atoms with Crippen LogP contribution in [0.1, 0.15) is 42.7 Å². The third-order valence-corrected chi connectivity index (χ3v) is 5.00. The van der Waals surface area contributed by atoms with Gasteiger partial charge in [0, 0.05) is 18.6 Å². The minimum Gasteiger partial charge on any atom is -0.312 e. The highest BCUT2D eigenvalue weighted by molar-refractivity contribution is 5.26. The van der Waals surface area contributed by atoms with Crippen LogP contribution >= 0.6 is 0 Å². The van der Waals surface area contributed by atoms with E-state index in [0.29, 0.717) is 0 Å². The number of aryl methyl sites for hydroxylation is 1. The zero-order valence-corrected chi connectivity index (χ0v) is 12.2. The molecule has 0 radical (unpaired) electrons. The maximum atomic E-state index is 3.76. The molecule has 2 fully saturated rings. The molecule has 104 valence electrons. The molecular weight excluding hydrogens is 232 g/mol. The molecule has 1 aromatic rings. The molecule has 1 unspecified atom stereocenters. The molecule has 2 nitrogen and oxygen atoms in total. The van der Waals surface area contributed by atoms with Gasteiger partial charge in [0.15, 0.2) is 0 Å². The molecule has 0 amide bonds. The highest BCUT2D eigenvalue weighted by atomic mass is 15.2. The number of likely N-dealkylation sites (tertiary alicyclic amines) is 1. The van der Waals surface area contributed by atoms with E-state index in [0.717, 1.165) is 18.0 Å². The van der Waals surface area contributed by atoms with E-state index in [-0.39, 0.29) is 0 Å². The van der Waals surface area contributed by atoms with Gasteiger partial charge < -0.3 is 10.2 Å². The van der Waals surface area contributed by atoms with E-state index in [9.17, 15) is 0 Å². The van der Waals surface area contributed by atoms with E-state index in [2.05, 4.69) is 48.5 Å². The topological polar surface area (TPSA) is 15.3 Å². The number of likely N-dealkylation sites (N-methyl/N-ethyl adjacent to an activating group) is 1. The highest BCUT2D eigenvalue weighted by Gasteiger charge is 2.31. The Morgan fingerprint density at radius 1 is 1.21 bits per heavy atom. The molecule has 1 atom stereocenters. The molecule has 1 aliphatic carbocycles. The summed E-state index contributed by atoms with van der Waals surface area (Å²) in [4.78, 5) is 2.50. The predicted octanol–water partition coefficient (Wildman–Crippen LogP) is 2.92. The second kappa shape index (κ2) is 5.64. The van der Waals surface area contributed by atoms with Crippen LogP contribution in [0.25, 0.3) is 0 Å². The monoisotopic (exact) mass is 258 g/mol. The average molecular weight is 258 g/mol. The average Bonchev–Trinajstić information content (AvgIpc) is 2.75. The summed E-state index contributed by atoms with van der Waals surface area (Å²) in [5, 5.41) is 3.76. The van der Waals surface area contributed by atoms with Crippen molar-refractivity contribution in [2.24, 2.45) is 0 Å². The Labute approximate surface area is 117 Å². The second-order valence-corrected chi connectivity index (χ2v) is 6.46. The molecule has 1 heterocycles. The summed E-state index contributed by atoms with van der Waals surface area (Å²) in [6.45, 7) is 4.62. The maximum Gasteiger partial charge on any atom is 0.0218 e. The first-order valence-corrected chi connectivity index (χ1v) is 7.72. The molecule has 0 spiro atoms.